The van der Waals surface area contributed by atoms with E-state index in [0.29, 0.717) is 11.3 Å². The molecule has 2 rings (SSSR count). The molecule has 0 unspecified atom stereocenters. The van der Waals surface area contributed by atoms with Gasteiger partial charge in [0.15, 0.2) is 12.4 Å². The van der Waals surface area contributed by atoms with Crippen LogP contribution in [-0.2, 0) is 0 Å². The minimum absolute atomic E-state index is 0.210. The van der Waals surface area contributed by atoms with Crippen molar-refractivity contribution in [1.29, 1.82) is 0 Å². The fourth-order valence-corrected chi connectivity index (χ4v) is 1.48. The van der Waals surface area contributed by atoms with Crippen LogP contribution in [0.15, 0.2) is 54.9 Å². The molecule has 2 aromatic rings. The predicted molar refractivity (Wildman–Crippen MR) is 63.3 cm³/mol. The molecule has 0 aliphatic rings. The van der Waals surface area contributed by atoms with Gasteiger partial charge in [-0.3, -0.25) is 4.79 Å². The van der Waals surface area contributed by atoms with Gasteiger partial charge in [0.1, 0.15) is 5.75 Å². The molecule has 1 aromatic heterocycles. The second kappa shape index (κ2) is 5.12. The first kappa shape index (κ1) is 11.1. The predicted octanol–water partition coefficient (Wildman–Crippen LogP) is 1.37. The average molecular weight is 229 g/mol. The van der Waals surface area contributed by atoms with Gasteiger partial charge in [-0.1, -0.05) is 22.9 Å². The Morgan fingerprint density at radius 1 is 1.12 bits per heavy atom. The molecule has 0 bridgehead atoms. The Kier molecular flexibility index (Phi) is 3.35. The summed E-state index contributed by atoms with van der Waals surface area (Å²) in [6, 6.07) is 12.7. The lowest BCUT2D eigenvalue weighted by atomic mass is 10.2. The summed E-state index contributed by atoms with van der Waals surface area (Å²) in [7, 11) is 1.54. The van der Waals surface area contributed by atoms with Gasteiger partial charge in [0, 0.05) is 12.1 Å². The molecule has 0 atom stereocenters. The van der Waals surface area contributed by atoms with Crippen LogP contribution >= 0.6 is 0 Å². The molecule has 86 valence electrons. The van der Waals surface area contributed by atoms with Crippen LogP contribution in [0.2, 0.25) is 0 Å². The number of hydrogen-bond donors (Lipinski definition) is 1. The van der Waals surface area contributed by atoms with Crippen LogP contribution in [0.4, 0.5) is 0 Å². The molecule has 0 saturated heterocycles. The highest BCUT2D eigenvalue weighted by Crippen LogP contribution is 2.16. The van der Waals surface area contributed by atoms with Crippen molar-refractivity contribution in [3.05, 3.63) is 60.4 Å². The Hall–Kier alpha value is -2.36. The van der Waals surface area contributed by atoms with Crippen molar-refractivity contribution in [2.45, 2.75) is 0 Å². The number of carbonyl (C=O) groups is 1. The maximum atomic E-state index is 12.0. The Morgan fingerprint density at radius 2 is 1.82 bits per heavy atom. The molecule has 1 N–H and O–H groups in total. The van der Waals surface area contributed by atoms with Crippen LogP contribution in [0.3, 0.4) is 0 Å². The smallest absolute Gasteiger partial charge is 0.309 e. The van der Waals surface area contributed by atoms with E-state index in [-0.39, 0.29) is 5.91 Å². The molecular formula is C13H13N2O2+. The molecule has 1 aromatic carbocycles. The first-order chi connectivity index (χ1) is 8.31. The summed E-state index contributed by atoms with van der Waals surface area (Å²) in [4.78, 5) is 12.0. The highest BCUT2D eigenvalue weighted by atomic mass is 16.5. The number of nitrogens with one attached hydrogen (secondary N) is 1. The average Bonchev–Trinajstić information content (AvgIpc) is 2.40. The van der Waals surface area contributed by atoms with E-state index in [1.165, 1.54) is 0 Å². The second-order valence-corrected chi connectivity index (χ2v) is 3.42. The lowest BCUT2D eigenvalue weighted by Crippen LogP contribution is -2.47. The third-order valence-electron chi connectivity index (χ3n) is 2.30. The van der Waals surface area contributed by atoms with Crippen molar-refractivity contribution in [2.24, 2.45) is 0 Å². The number of amides is 1. The molecule has 1 heterocycles. The quantitative estimate of drug-likeness (QED) is 0.808. The van der Waals surface area contributed by atoms with Gasteiger partial charge in [0.05, 0.1) is 12.7 Å². The molecule has 0 saturated carbocycles. The molecule has 4 heteroatoms. The number of para-hydroxylation sites is 1. The molecule has 17 heavy (non-hydrogen) atoms. The van der Waals surface area contributed by atoms with Crippen molar-refractivity contribution in [2.75, 3.05) is 12.5 Å². The maximum Gasteiger partial charge on any atom is 0.309 e. The number of rotatable bonds is 3. The summed E-state index contributed by atoms with van der Waals surface area (Å²) >= 11 is 0. The van der Waals surface area contributed by atoms with Crippen molar-refractivity contribution >= 4 is 5.91 Å². The van der Waals surface area contributed by atoms with E-state index in [1.807, 2.05) is 24.3 Å². The van der Waals surface area contributed by atoms with Gasteiger partial charge in [0.2, 0.25) is 0 Å². The minimum Gasteiger partial charge on any atom is -0.496 e. The number of benzene rings is 1. The third-order valence-corrected chi connectivity index (χ3v) is 2.30. The van der Waals surface area contributed by atoms with Gasteiger partial charge in [-0.05, 0) is 12.1 Å². The maximum absolute atomic E-state index is 12.0. The molecule has 4 nitrogen and oxygen atoms in total. The summed E-state index contributed by atoms with van der Waals surface area (Å²) < 4.78 is 6.73. The van der Waals surface area contributed by atoms with Crippen LogP contribution in [0.25, 0.3) is 0 Å². The zero-order valence-electron chi connectivity index (χ0n) is 9.46. The normalized spacial score (nSPS) is 9.71. The van der Waals surface area contributed by atoms with Gasteiger partial charge < -0.3 is 4.74 Å². The number of methoxy groups -OCH3 is 1. The topological polar surface area (TPSA) is 42.2 Å². The number of hydrogen-bond acceptors (Lipinski definition) is 2. The standard InChI is InChI=1S/C13H12N2O2/c1-17-12-8-4-3-7-11(12)13(16)14-15-9-5-2-6-10-15/h2-10H,1H3/p+1. The van der Waals surface area contributed by atoms with E-state index in [4.69, 9.17) is 4.74 Å². The van der Waals surface area contributed by atoms with Crippen LogP contribution in [0.5, 0.6) is 5.75 Å². The molecule has 0 spiro atoms. The fourth-order valence-electron chi connectivity index (χ4n) is 1.48. The van der Waals surface area contributed by atoms with Gasteiger partial charge in [-0.2, -0.15) is 0 Å². The summed E-state index contributed by atoms with van der Waals surface area (Å²) in [5.41, 5.74) is 3.24. The summed E-state index contributed by atoms with van der Waals surface area (Å²) in [5.74, 6) is 0.347. The Labute approximate surface area is 99.4 Å². The minimum atomic E-state index is -0.210. The Bertz CT molecular complexity index is 512. The summed E-state index contributed by atoms with van der Waals surface area (Å²) in [6.07, 6.45) is 3.51. The number of ether oxygens (including phenoxy) is 1. The molecule has 0 fully saturated rings. The van der Waals surface area contributed by atoms with E-state index >= 15 is 0 Å². The van der Waals surface area contributed by atoms with E-state index in [0.717, 1.165) is 0 Å². The first-order valence-corrected chi connectivity index (χ1v) is 5.22. The van der Waals surface area contributed by atoms with E-state index < -0.39 is 0 Å². The highest BCUT2D eigenvalue weighted by Gasteiger charge is 2.14. The lowest BCUT2D eigenvalue weighted by molar-refractivity contribution is -0.641. The Morgan fingerprint density at radius 3 is 2.53 bits per heavy atom. The molecule has 0 radical (unpaired) electrons. The van der Waals surface area contributed by atoms with Gasteiger partial charge in [0.25, 0.3) is 0 Å². The van der Waals surface area contributed by atoms with E-state index in [2.05, 4.69) is 5.43 Å². The number of pyridine rings is 1. The SMILES string of the molecule is COc1ccccc1C(=O)N[n+]1ccccc1. The Balaban J connectivity index is 2.20. The van der Waals surface area contributed by atoms with Crippen molar-refractivity contribution in [1.82, 2.24) is 0 Å². The van der Waals surface area contributed by atoms with Crippen molar-refractivity contribution < 1.29 is 14.2 Å². The summed E-state index contributed by atoms with van der Waals surface area (Å²) in [5, 5.41) is 0. The third kappa shape index (κ3) is 2.60. The van der Waals surface area contributed by atoms with Crippen molar-refractivity contribution in [3.63, 3.8) is 0 Å². The van der Waals surface area contributed by atoms with Gasteiger partial charge in [-0.15, -0.1) is 5.43 Å². The number of aromatic nitrogens is 1. The van der Waals surface area contributed by atoms with Gasteiger partial charge in [-0.25, -0.2) is 0 Å². The highest BCUT2D eigenvalue weighted by molar-refractivity contribution is 6.01. The van der Waals surface area contributed by atoms with Gasteiger partial charge >= 0.3 is 5.91 Å². The lowest BCUT2D eigenvalue weighted by Gasteiger charge is -2.05. The molecule has 0 aliphatic carbocycles. The van der Waals surface area contributed by atoms with E-state index in [1.54, 1.807) is 42.4 Å². The molecule has 1 amide bonds. The molecular weight excluding hydrogens is 216 g/mol. The number of carbonyl (C=O) groups excluding carboxylic acids is 1. The van der Waals surface area contributed by atoms with Crippen LogP contribution < -0.4 is 14.8 Å². The molecule has 0 aliphatic heterocycles. The first-order valence-electron chi connectivity index (χ1n) is 5.22. The zero-order valence-corrected chi connectivity index (χ0v) is 9.46. The van der Waals surface area contributed by atoms with Crippen LogP contribution in [-0.4, -0.2) is 13.0 Å². The van der Waals surface area contributed by atoms with Crippen LogP contribution in [0, 0.1) is 0 Å². The second-order valence-electron chi connectivity index (χ2n) is 3.42. The van der Waals surface area contributed by atoms with Crippen LogP contribution in [0.1, 0.15) is 10.4 Å². The van der Waals surface area contributed by atoms with Crippen molar-refractivity contribution in [3.8, 4) is 5.75 Å². The monoisotopic (exact) mass is 229 g/mol. The number of nitrogens with zero attached hydrogens (tertiary/aromatic N) is 1. The largest absolute Gasteiger partial charge is 0.496 e. The zero-order chi connectivity index (χ0) is 12.1. The fraction of sp³-hybridized carbons (Fsp3) is 0.0769. The summed E-state index contributed by atoms with van der Waals surface area (Å²) in [6.45, 7) is 0. The van der Waals surface area contributed by atoms with E-state index in [9.17, 15) is 4.79 Å².